The number of aliphatic carboxylic acids is 1. The number of aromatic nitrogens is 1. The second kappa shape index (κ2) is 10.2. The number of amides is 1. The van der Waals surface area contributed by atoms with Gasteiger partial charge in [-0.15, -0.1) is 34.0 Å². The van der Waals surface area contributed by atoms with Crippen LogP contribution in [0.1, 0.15) is 25.0 Å². The third-order valence-electron chi connectivity index (χ3n) is 3.27. The van der Waals surface area contributed by atoms with Crippen molar-refractivity contribution in [2.45, 2.75) is 18.9 Å². The summed E-state index contributed by atoms with van der Waals surface area (Å²) in [7, 11) is 0. The first kappa shape index (κ1) is 25.5. The van der Waals surface area contributed by atoms with E-state index in [1.54, 1.807) is 11.3 Å². The summed E-state index contributed by atoms with van der Waals surface area (Å²) >= 11 is 3.52. The van der Waals surface area contributed by atoms with Crippen LogP contribution < -0.4 is 5.32 Å². The molecule has 0 unspecified atom stereocenters. The molecule has 0 aromatic carbocycles. The number of rotatable bonds is 5. The van der Waals surface area contributed by atoms with E-state index in [1.165, 1.54) is 17.4 Å². The van der Waals surface area contributed by atoms with Crippen molar-refractivity contribution < 1.29 is 45.8 Å². The minimum Gasteiger partial charge on any atom is -0.475 e. The summed E-state index contributed by atoms with van der Waals surface area (Å²) < 4.78 is 68.9. The number of halogens is 6. The van der Waals surface area contributed by atoms with E-state index < -0.39 is 34.9 Å². The van der Waals surface area contributed by atoms with Crippen LogP contribution in [0.3, 0.4) is 0 Å². The van der Waals surface area contributed by atoms with E-state index in [2.05, 4.69) is 10.3 Å². The molecule has 32 heavy (non-hydrogen) atoms. The van der Waals surface area contributed by atoms with Crippen LogP contribution >= 0.6 is 34.0 Å². The number of carbonyl (C=O) groups excluding carboxylic acids is 2. The highest BCUT2D eigenvalue weighted by Crippen LogP contribution is 2.28. The summed E-state index contributed by atoms with van der Waals surface area (Å²) in [6.07, 6.45) is -10.0. The molecular formula is C17H10F6N2O4S3. The zero-order valence-electron chi connectivity index (χ0n) is 15.3. The van der Waals surface area contributed by atoms with Gasteiger partial charge in [0.1, 0.15) is 5.01 Å². The molecule has 3 aromatic heterocycles. The van der Waals surface area contributed by atoms with E-state index in [0.717, 1.165) is 16.0 Å². The van der Waals surface area contributed by atoms with Gasteiger partial charge in [0, 0.05) is 5.38 Å². The highest BCUT2D eigenvalue weighted by atomic mass is 32.1. The van der Waals surface area contributed by atoms with Gasteiger partial charge in [0.2, 0.25) is 0 Å². The van der Waals surface area contributed by atoms with Gasteiger partial charge in [0.15, 0.2) is 0 Å². The number of ketones is 1. The van der Waals surface area contributed by atoms with Gasteiger partial charge in [-0.1, -0.05) is 6.07 Å². The number of hydrogen-bond donors (Lipinski definition) is 2. The third kappa shape index (κ3) is 7.13. The van der Waals surface area contributed by atoms with Crippen molar-refractivity contribution in [3.05, 3.63) is 50.5 Å². The van der Waals surface area contributed by atoms with Gasteiger partial charge in [-0.3, -0.25) is 9.59 Å². The van der Waals surface area contributed by atoms with Crippen molar-refractivity contribution in [1.82, 2.24) is 10.3 Å². The first-order valence-electron chi connectivity index (χ1n) is 8.07. The number of nitrogens with zero attached hydrogens (tertiary/aromatic N) is 1. The Morgan fingerprint density at radius 3 is 2.12 bits per heavy atom. The Hall–Kier alpha value is -2.78. The van der Waals surface area contributed by atoms with Gasteiger partial charge in [-0.25, -0.2) is 9.78 Å². The standard InChI is InChI=1S/C15H9F3N2O2S3.C2HF3O2/c16-15(17,18)12(21)9-3-4-10(25-9)13(22)19-6-8-7-24-14(20-8)11-2-1-5-23-11;3-2(4,5)1(6)7/h1-5,7H,6H2,(H,19,22);(H,6,7). The van der Waals surface area contributed by atoms with Gasteiger partial charge in [-0.2, -0.15) is 26.3 Å². The number of nitrogens with one attached hydrogen (secondary N) is 1. The zero-order chi connectivity index (χ0) is 24.1. The fourth-order valence-electron chi connectivity index (χ4n) is 1.88. The number of carboxylic acid groups (broad SMARTS) is 1. The monoisotopic (exact) mass is 516 g/mol. The highest BCUT2D eigenvalue weighted by molar-refractivity contribution is 7.20. The normalized spacial score (nSPS) is 11.4. The molecular weight excluding hydrogens is 506 g/mol. The molecule has 0 aliphatic rings. The number of thiazole rings is 1. The van der Waals surface area contributed by atoms with E-state index in [9.17, 15) is 35.9 Å². The van der Waals surface area contributed by atoms with E-state index in [0.29, 0.717) is 17.0 Å². The fourth-order valence-corrected chi connectivity index (χ4v) is 4.40. The maximum absolute atomic E-state index is 12.4. The lowest BCUT2D eigenvalue weighted by Crippen LogP contribution is -2.22. The van der Waals surface area contributed by atoms with E-state index in [4.69, 9.17) is 9.90 Å². The smallest absolute Gasteiger partial charge is 0.475 e. The van der Waals surface area contributed by atoms with Crippen molar-refractivity contribution in [2.75, 3.05) is 0 Å². The van der Waals surface area contributed by atoms with Crippen molar-refractivity contribution in [2.24, 2.45) is 0 Å². The van der Waals surface area contributed by atoms with Crippen molar-refractivity contribution in [3.63, 3.8) is 0 Å². The Morgan fingerprint density at radius 2 is 1.59 bits per heavy atom. The molecule has 0 bridgehead atoms. The molecule has 0 spiro atoms. The van der Waals surface area contributed by atoms with Crippen LogP contribution in [-0.2, 0) is 11.3 Å². The zero-order valence-corrected chi connectivity index (χ0v) is 17.7. The largest absolute Gasteiger partial charge is 0.490 e. The fraction of sp³-hybridized carbons (Fsp3) is 0.176. The summed E-state index contributed by atoms with van der Waals surface area (Å²) in [6.45, 7) is 0.154. The topological polar surface area (TPSA) is 96.4 Å². The number of carbonyl (C=O) groups is 3. The average Bonchev–Trinajstić information content (AvgIpc) is 3.45. The van der Waals surface area contributed by atoms with E-state index in [-0.39, 0.29) is 11.4 Å². The third-order valence-corrected chi connectivity index (χ3v) is 6.28. The first-order valence-corrected chi connectivity index (χ1v) is 10.6. The summed E-state index contributed by atoms with van der Waals surface area (Å²) in [5, 5.41) is 14.3. The maximum Gasteiger partial charge on any atom is 0.490 e. The molecule has 172 valence electrons. The molecule has 15 heteroatoms. The Kier molecular flexibility index (Phi) is 8.14. The van der Waals surface area contributed by atoms with Gasteiger partial charge in [0.25, 0.3) is 11.7 Å². The molecule has 3 aromatic rings. The Morgan fingerprint density at radius 1 is 0.969 bits per heavy atom. The second-order valence-electron chi connectivity index (χ2n) is 5.60. The van der Waals surface area contributed by atoms with Crippen LogP contribution in [0.15, 0.2) is 35.0 Å². The Labute approximate surface area is 187 Å². The van der Waals surface area contributed by atoms with Crippen LogP contribution in [-0.4, -0.2) is 40.1 Å². The molecule has 0 saturated carbocycles. The quantitative estimate of drug-likeness (QED) is 0.357. The molecule has 3 rings (SSSR count). The molecule has 0 aliphatic heterocycles. The summed E-state index contributed by atoms with van der Waals surface area (Å²) in [6, 6.07) is 6.07. The lowest BCUT2D eigenvalue weighted by atomic mass is 10.3. The number of carboxylic acids is 1. The van der Waals surface area contributed by atoms with E-state index >= 15 is 0 Å². The Bertz CT molecular complexity index is 1090. The molecule has 2 N–H and O–H groups in total. The molecule has 1 amide bonds. The lowest BCUT2D eigenvalue weighted by Gasteiger charge is -2.02. The maximum atomic E-state index is 12.4. The highest BCUT2D eigenvalue weighted by Gasteiger charge is 2.40. The minimum atomic E-state index is -5.08. The predicted octanol–water partition coefficient (Wildman–Crippen LogP) is 5.24. The van der Waals surface area contributed by atoms with Crippen molar-refractivity contribution in [3.8, 4) is 9.88 Å². The molecule has 6 nitrogen and oxygen atoms in total. The molecule has 0 atom stereocenters. The average molecular weight is 516 g/mol. The predicted molar refractivity (Wildman–Crippen MR) is 105 cm³/mol. The molecule has 3 heterocycles. The van der Waals surface area contributed by atoms with Gasteiger partial charge in [-0.05, 0) is 23.6 Å². The van der Waals surface area contributed by atoms with Crippen LogP contribution in [0, 0.1) is 0 Å². The van der Waals surface area contributed by atoms with Gasteiger partial charge >= 0.3 is 18.3 Å². The SMILES string of the molecule is O=C(NCc1csc(-c2cccs2)n1)c1ccc(C(=O)C(F)(F)F)s1.O=C(O)C(F)(F)F. The van der Waals surface area contributed by atoms with Crippen LogP contribution in [0.4, 0.5) is 26.3 Å². The number of thiophene rings is 2. The number of hydrogen-bond acceptors (Lipinski definition) is 7. The second-order valence-corrected chi connectivity index (χ2v) is 8.49. The summed E-state index contributed by atoms with van der Waals surface area (Å²) in [4.78, 5) is 37.0. The summed E-state index contributed by atoms with van der Waals surface area (Å²) in [5.41, 5.74) is 0.657. The Balaban J connectivity index is 0.000000451. The lowest BCUT2D eigenvalue weighted by molar-refractivity contribution is -0.192. The van der Waals surface area contributed by atoms with Crippen molar-refractivity contribution in [1.29, 1.82) is 0 Å². The molecule has 0 fully saturated rings. The van der Waals surface area contributed by atoms with E-state index in [1.807, 2.05) is 22.9 Å². The van der Waals surface area contributed by atoms with Gasteiger partial charge in [0.05, 0.1) is 26.9 Å². The number of Topliss-reactive ketones (excluding diaryl/α,β-unsaturated/α-hetero) is 1. The van der Waals surface area contributed by atoms with Crippen LogP contribution in [0.5, 0.6) is 0 Å². The van der Waals surface area contributed by atoms with Crippen LogP contribution in [0.2, 0.25) is 0 Å². The minimum absolute atomic E-state index is 0.0429. The molecule has 0 aliphatic carbocycles. The summed E-state index contributed by atoms with van der Waals surface area (Å²) in [5.74, 6) is -5.25. The van der Waals surface area contributed by atoms with Crippen molar-refractivity contribution >= 4 is 51.7 Å². The molecule has 0 radical (unpaired) electrons. The number of alkyl halides is 6. The first-order chi connectivity index (χ1) is 14.8. The molecule has 0 saturated heterocycles. The van der Waals surface area contributed by atoms with Crippen LogP contribution in [0.25, 0.3) is 9.88 Å². The van der Waals surface area contributed by atoms with Gasteiger partial charge < -0.3 is 10.4 Å².